The molecule has 1 heterocycles. The second-order valence-corrected chi connectivity index (χ2v) is 1.02. The zero-order valence-electron chi connectivity index (χ0n) is 4.24. The topological polar surface area (TPSA) is 30.0 Å². The van der Waals surface area contributed by atoms with E-state index >= 15 is 0 Å². The van der Waals surface area contributed by atoms with Gasteiger partial charge in [0.25, 0.3) is 0 Å². The third-order valence-corrected chi connectivity index (χ3v) is 0.566. The molecule has 3 heteroatoms. The Hall–Kier alpha value is -0.750. The van der Waals surface area contributed by atoms with Crippen molar-refractivity contribution in [2.75, 3.05) is 0 Å². The second-order valence-electron chi connectivity index (χ2n) is 1.02. The minimum absolute atomic E-state index is 1.72. The molecule has 0 N–H and O–H groups in total. The Bertz CT molecular complexity index is 95.3. The molecule has 0 spiro atoms. The average Bonchev–Trinajstić information content (AvgIpc) is 1.96. The van der Waals surface area contributed by atoms with E-state index in [2.05, 4.69) is 4.98 Å². The number of aromatic nitrogens is 1. The highest BCUT2D eigenvalue weighted by Gasteiger charge is 1.58. The summed E-state index contributed by atoms with van der Waals surface area (Å²) in [7, 11) is 1.72. The number of hydrogen-bond donors (Lipinski definition) is 0. The lowest BCUT2D eigenvalue weighted by molar-refractivity contribution is 0.607. The molecule has 0 atom stereocenters. The fourth-order valence-corrected chi connectivity index (χ4v) is 0.313. The van der Waals surface area contributed by atoms with Gasteiger partial charge in [0.15, 0.2) is 0 Å². The summed E-state index contributed by atoms with van der Waals surface area (Å²) in [5.41, 5.74) is 0. The maximum Gasteiger partial charge on any atom is 0.138 e. The third kappa shape index (κ3) is 3.44. The molecule has 0 unspecified atom stereocenters. The van der Waals surface area contributed by atoms with E-state index in [-0.39, 0.29) is 0 Å². The van der Waals surface area contributed by atoms with E-state index in [1.807, 2.05) is 18.2 Å². The van der Waals surface area contributed by atoms with Gasteiger partial charge in [-0.05, 0) is 12.1 Å². The minimum Gasteiger partial charge on any atom is -0.279 e. The number of rotatable bonds is 0. The Balaban J connectivity index is 0.000000222. The van der Waals surface area contributed by atoms with Crippen LogP contribution in [0.3, 0.4) is 0 Å². The summed E-state index contributed by atoms with van der Waals surface area (Å²) in [6, 6.07) is 5.72. The summed E-state index contributed by atoms with van der Waals surface area (Å²) >= 11 is 0. The molecule has 0 amide bonds. The minimum atomic E-state index is 1.72. The van der Waals surface area contributed by atoms with E-state index in [0.717, 1.165) is 0 Å². The van der Waals surface area contributed by atoms with E-state index in [0.29, 0.717) is 0 Å². The maximum atomic E-state index is 8.06. The molecule has 0 aliphatic carbocycles. The van der Waals surface area contributed by atoms with Crippen LogP contribution in [-0.2, 0) is 4.57 Å². The SMILES string of the molecule is O=P.c1ccncc1. The third-order valence-electron chi connectivity index (χ3n) is 0.566. The Morgan fingerprint density at radius 2 is 1.50 bits per heavy atom. The van der Waals surface area contributed by atoms with E-state index in [1.54, 1.807) is 21.5 Å². The molecule has 8 heavy (non-hydrogen) atoms. The van der Waals surface area contributed by atoms with Gasteiger partial charge in [-0.2, -0.15) is 0 Å². The Labute approximate surface area is 50.2 Å². The predicted molar refractivity (Wildman–Crippen MR) is 33.2 cm³/mol. The molecule has 0 aliphatic heterocycles. The van der Waals surface area contributed by atoms with Crippen molar-refractivity contribution in [3.63, 3.8) is 0 Å². The Morgan fingerprint density at radius 1 is 1.00 bits per heavy atom. The van der Waals surface area contributed by atoms with E-state index < -0.39 is 0 Å². The number of pyridine rings is 1. The van der Waals surface area contributed by atoms with E-state index in [9.17, 15) is 0 Å². The average molecular weight is 127 g/mol. The smallest absolute Gasteiger partial charge is 0.138 e. The van der Waals surface area contributed by atoms with Crippen molar-refractivity contribution >= 4 is 9.12 Å². The zero-order chi connectivity index (χ0) is 6.24. The van der Waals surface area contributed by atoms with Crippen LogP contribution in [-0.4, -0.2) is 4.98 Å². The van der Waals surface area contributed by atoms with Crippen LogP contribution in [0.15, 0.2) is 30.6 Å². The highest BCUT2D eigenvalue weighted by Crippen LogP contribution is 1.73. The fourth-order valence-electron chi connectivity index (χ4n) is 0.313. The molecule has 0 aliphatic rings. The molecule has 2 nitrogen and oxygen atoms in total. The Kier molecular flexibility index (Phi) is 5.66. The molecule has 1 aromatic heterocycles. The normalized spacial score (nSPS) is 6.50. The lowest BCUT2D eigenvalue weighted by Gasteiger charge is -1.70. The molecule has 0 aromatic carbocycles. The summed E-state index contributed by atoms with van der Waals surface area (Å²) < 4.78 is 8.06. The highest BCUT2D eigenvalue weighted by molar-refractivity contribution is 7.00. The molecule has 0 saturated carbocycles. The standard InChI is InChI=1S/C5H5N.HOP/c1-2-4-6-5-3-1;1-2/h1-5H;2H. The molecule has 0 saturated heterocycles. The van der Waals surface area contributed by atoms with Gasteiger partial charge in [-0.3, -0.25) is 9.55 Å². The van der Waals surface area contributed by atoms with Gasteiger partial charge in [0, 0.05) is 12.4 Å². The van der Waals surface area contributed by atoms with Gasteiger partial charge in [-0.15, -0.1) is 0 Å². The molecule has 1 rings (SSSR count). The molecule has 0 bridgehead atoms. The predicted octanol–water partition coefficient (Wildman–Crippen LogP) is 1.56. The summed E-state index contributed by atoms with van der Waals surface area (Å²) in [6.07, 6.45) is 3.50. The monoisotopic (exact) mass is 127 g/mol. The van der Waals surface area contributed by atoms with Crippen LogP contribution in [0.5, 0.6) is 0 Å². The van der Waals surface area contributed by atoms with E-state index in [1.165, 1.54) is 0 Å². The van der Waals surface area contributed by atoms with Gasteiger partial charge < -0.3 is 0 Å². The first-order chi connectivity index (χ1) is 4.00. The Morgan fingerprint density at radius 3 is 1.62 bits per heavy atom. The van der Waals surface area contributed by atoms with Gasteiger partial charge in [-0.25, -0.2) is 0 Å². The van der Waals surface area contributed by atoms with Crippen LogP contribution in [0.1, 0.15) is 0 Å². The van der Waals surface area contributed by atoms with E-state index in [4.69, 9.17) is 4.57 Å². The van der Waals surface area contributed by atoms with Crippen LogP contribution >= 0.6 is 9.12 Å². The summed E-state index contributed by atoms with van der Waals surface area (Å²) in [5, 5.41) is 0. The van der Waals surface area contributed by atoms with Crippen molar-refractivity contribution in [1.82, 2.24) is 4.98 Å². The van der Waals surface area contributed by atoms with Crippen LogP contribution in [0, 0.1) is 0 Å². The van der Waals surface area contributed by atoms with Gasteiger partial charge >= 0.3 is 0 Å². The molecule has 0 radical (unpaired) electrons. The second kappa shape index (κ2) is 6.25. The first-order valence-corrected chi connectivity index (χ1v) is 2.46. The van der Waals surface area contributed by atoms with Crippen LogP contribution in [0.2, 0.25) is 0 Å². The maximum absolute atomic E-state index is 8.06. The van der Waals surface area contributed by atoms with Crippen molar-refractivity contribution in [1.29, 1.82) is 0 Å². The summed E-state index contributed by atoms with van der Waals surface area (Å²) in [4.78, 5) is 3.78. The number of hydrogen-bond acceptors (Lipinski definition) is 2. The van der Waals surface area contributed by atoms with Gasteiger partial charge in [0.1, 0.15) is 9.12 Å². The number of nitrogens with zero attached hydrogens (tertiary/aromatic N) is 1. The zero-order valence-corrected chi connectivity index (χ0v) is 5.24. The van der Waals surface area contributed by atoms with Gasteiger partial charge in [0.05, 0.1) is 0 Å². The molecule has 42 valence electrons. The van der Waals surface area contributed by atoms with Crippen molar-refractivity contribution in [3.8, 4) is 0 Å². The molecular formula is C5H6NOP. The summed E-state index contributed by atoms with van der Waals surface area (Å²) in [6.45, 7) is 0. The quantitative estimate of drug-likeness (QED) is 0.495. The van der Waals surface area contributed by atoms with Crippen LogP contribution in [0.25, 0.3) is 0 Å². The van der Waals surface area contributed by atoms with Crippen LogP contribution in [0.4, 0.5) is 0 Å². The largest absolute Gasteiger partial charge is 0.279 e. The lowest BCUT2D eigenvalue weighted by atomic mass is 10.5. The highest BCUT2D eigenvalue weighted by atomic mass is 31.0. The van der Waals surface area contributed by atoms with Crippen molar-refractivity contribution in [2.45, 2.75) is 0 Å². The van der Waals surface area contributed by atoms with Gasteiger partial charge in [0.2, 0.25) is 0 Å². The molecular weight excluding hydrogens is 121 g/mol. The first kappa shape index (κ1) is 7.25. The van der Waals surface area contributed by atoms with Gasteiger partial charge in [-0.1, -0.05) is 6.07 Å². The van der Waals surface area contributed by atoms with Crippen LogP contribution < -0.4 is 0 Å². The fraction of sp³-hybridized carbons (Fsp3) is 0. The summed E-state index contributed by atoms with van der Waals surface area (Å²) in [5.74, 6) is 0. The van der Waals surface area contributed by atoms with Crippen molar-refractivity contribution in [3.05, 3.63) is 30.6 Å². The first-order valence-electron chi connectivity index (χ1n) is 2.05. The van der Waals surface area contributed by atoms with Crippen molar-refractivity contribution < 1.29 is 4.57 Å². The lowest BCUT2D eigenvalue weighted by Crippen LogP contribution is -1.58. The molecule has 1 aromatic rings. The molecule has 0 fully saturated rings. The van der Waals surface area contributed by atoms with Crippen molar-refractivity contribution in [2.24, 2.45) is 0 Å².